The molecule has 0 saturated heterocycles. The molecule has 18 nitrogen and oxygen atoms in total. The van der Waals surface area contributed by atoms with E-state index in [4.69, 9.17) is 11.5 Å². The minimum atomic E-state index is -5.25. The van der Waals surface area contributed by atoms with E-state index in [2.05, 4.69) is 43.8 Å². The summed E-state index contributed by atoms with van der Waals surface area (Å²) in [5.74, 6) is 0. The molecular weight excluding hydrogens is 783 g/mol. The van der Waals surface area contributed by atoms with Crippen LogP contribution in [0.25, 0.3) is 0 Å². The van der Waals surface area contributed by atoms with Gasteiger partial charge in [-0.05, 0) is 72.8 Å². The molecule has 0 amide bonds. The Balaban J connectivity index is 0.00000468. The van der Waals surface area contributed by atoms with E-state index >= 15 is 0 Å². The van der Waals surface area contributed by atoms with Gasteiger partial charge in [0.15, 0.2) is 19.7 Å². The Morgan fingerprint density at radius 3 is 1.29 bits per heavy atom. The molecule has 0 aromatic heterocycles. The van der Waals surface area contributed by atoms with Gasteiger partial charge in [-0.25, -0.2) is 33.7 Å². The van der Waals surface area contributed by atoms with Crippen molar-refractivity contribution in [2.24, 2.45) is 30.7 Å². The van der Waals surface area contributed by atoms with Crippen LogP contribution in [-0.2, 0) is 39.9 Å². The van der Waals surface area contributed by atoms with Crippen molar-refractivity contribution in [3.63, 3.8) is 0 Å². The first kappa shape index (κ1) is 44.6. The van der Waals surface area contributed by atoms with Crippen LogP contribution in [0.5, 0.6) is 0 Å². The van der Waals surface area contributed by atoms with Crippen molar-refractivity contribution in [1.29, 1.82) is 0 Å². The van der Waals surface area contributed by atoms with Crippen molar-refractivity contribution in [3.05, 3.63) is 96.8 Å². The van der Waals surface area contributed by atoms with E-state index in [1.165, 1.54) is 48.5 Å². The molecule has 4 aromatic rings. The fourth-order valence-corrected chi connectivity index (χ4v) is 6.31. The molecule has 0 atom stereocenters. The Morgan fingerprint density at radius 2 is 0.885 bits per heavy atom. The summed E-state index contributed by atoms with van der Waals surface area (Å²) >= 11 is 0. The fraction of sp³-hybridized carbons (Fsp3) is 0. The van der Waals surface area contributed by atoms with E-state index in [1.807, 2.05) is 0 Å². The number of rotatable bonds is 12. The number of anilines is 2. The number of nitrogens with two attached hydrogens (primary N) is 2. The molecule has 0 bridgehead atoms. The normalized spacial score (nSPS) is 12.4. The van der Waals surface area contributed by atoms with Crippen molar-refractivity contribution in [3.8, 4) is 0 Å². The molecule has 0 radical (unpaired) electrons. The smallest absolute Gasteiger partial charge is 0.744 e. The third-order valence-corrected chi connectivity index (χ3v) is 10.8. The van der Waals surface area contributed by atoms with E-state index in [0.717, 1.165) is 16.9 Å². The molecule has 260 valence electrons. The molecule has 52 heavy (non-hydrogen) atoms. The summed E-state index contributed by atoms with van der Waals surface area (Å²) in [7, 11) is -17.8. The maximum atomic E-state index is 12.0. The topological polar surface area (TPSA) is 309 Å². The Morgan fingerprint density at radius 1 is 0.500 bits per heavy atom. The zero-order valence-corrected chi connectivity index (χ0v) is 34.3. The van der Waals surface area contributed by atoms with Gasteiger partial charge in [0.1, 0.15) is 43.0 Å². The predicted molar refractivity (Wildman–Crippen MR) is 178 cm³/mol. The van der Waals surface area contributed by atoms with Crippen molar-refractivity contribution >= 4 is 85.4 Å². The summed E-state index contributed by atoms with van der Waals surface area (Å²) in [4.78, 5) is -2.05. The first-order chi connectivity index (χ1) is 23.3. The van der Waals surface area contributed by atoms with Crippen molar-refractivity contribution in [2.75, 3.05) is 11.5 Å². The molecule has 0 aliphatic rings. The predicted octanol–water partition coefficient (Wildman–Crippen LogP) is -0.252. The number of hydrogen-bond acceptors (Lipinski definition) is 18. The molecule has 4 N–H and O–H groups in total. The van der Waals surface area contributed by atoms with Crippen LogP contribution >= 0.6 is 0 Å². The van der Waals surface area contributed by atoms with E-state index in [-0.39, 0.29) is 109 Å². The summed E-state index contributed by atoms with van der Waals surface area (Å²) in [5, 5.41) is 25.1. The molecule has 4 rings (SSSR count). The summed E-state index contributed by atoms with van der Waals surface area (Å²) in [6, 6.07) is 13.1. The first-order valence-corrected chi connectivity index (χ1v) is 19.2. The molecule has 0 aliphatic carbocycles. The number of hydrogen-bond donors (Lipinski definition) is 2. The Hall–Kier alpha value is -3.52. The van der Waals surface area contributed by atoms with Gasteiger partial charge in [-0.2, -0.15) is 10.2 Å². The Bertz CT molecular complexity index is 2570. The largest absolute Gasteiger partial charge is 1.00 e. The molecular formula is C28H22N8Na2O10S4. The SMILES string of the molecule is C=CS(=O)(=O)c1ccc(N=Nc2cc(N=Nc3cc(S(=O)(=O)[O-])ccc3S(=O)(=O)[O-])c(N)c(N=Nc3ccc(S(=O)(=O)C=C)cc3)c2N)cc1.[Na+].[Na+]. The number of nitrogens with zero attached hydrogens (tertiary/aromatic N) is 6. The zero-order valence-electron chi connectivity index (χ0n) is 27.1. The number of sulfone groups is 2. The fourth-order valence-electron chi connectivity index (χ4n) is 3.81. The summed E-state index contributed by atoms with van der Waals surface area (Å²) in [5.41, 5.74) is 10.6. The van der Waals surface area contributed by atoms with Crippen LogP contribution in [0.3, 0.4) is 0 Å². The van der Waals surface area contributed by atoms with Gasteiger partial charge in [0.05, 0.1) is 42.3 Å². The average molecular weight is 805 g/mol. The molecule has 0 spiro atoms. The summed E-state index contributed by atoms with van der Waals surface area (Å²) in [6.45, 7) is 6.51. The van der Waals surface area contributed by atoms with Gasteiger partial charge in [0, 0.05) is 10.8 Å². The number of benzene rings is 4. The van der Waals surface area contributed by atoms with Crippen LogP contribution in [0.2, 0.25) is 0 Å². The molecule has 0 fully saturated rings. The second kappa shape index (κ2) is 17.5. The van der Waals surface area contributed by atoms with E-state index in [0.29, 0.717) is 18.2 Å². The standard InChI is InChI=1S/C28H24N8O10S4.2Na/c1-3-47(37,38)19-9-5-17(6-10-19)31-34-23-16-24(35-33-22-15-21(49(41,42)43)13-14-25(22)50(44,45)46)27(30)28(26(23)29)36-32-18-7-11-20(12-8-18)48(39,40)4-2;;/h3-16H,1-2,29-30H2,(H,41,42,43)(H,44,45,46);;/q;2*+1/p-2. The molecule has 0 unspecified atom stereocenters. The Kier molecular flexibility index (Phi) is 15.1. The van der Waals surface area contributed by atoms with Gasteiger partial charge < -0.3 is 20.6 Å². The van der Waals surface area contributed by atoms with Crippen LogP contribution in [0.1, 0.15) is 0 Å². The number of nitrogen functional groups attached to an aromatic ring is 2. The second-order valence-electron chi connectivity index (χ2n) is 9.64. The maximum Gasteiger partial charge on any atom is 1.00 e. The van der Waals surface area contributed by atoms with Gasteiger partial charge in [-0.3, -0.25) is 0 Å². The maximum absolute atomic E-state index is 12.0. The third kappa shape index (κ3) is 10.8. The van der Waals surface area contributed by atoms with Crippen molar-refractivity contribution < 1.29 is 102 Å². The molecule has 24 heteroatoms. The molecule has 0 saturated carbocycles. The zero-order chi connectivity index (χ0) is 37.1. The van der Waals surface area contributed by atoms with Crippen LogP contribution in [-0.4, -0.2) is 42.8 Å². The van der Waals surface area contributed by atoms with Crippen molar-refractivity contribution in [1.82, 2.24) is 0 Å². The first-order valence-electron chi connectivity index (χ1n) is 13.2. The van der Waals surface area contributed by atoms with Crippen LogP contribution < -0.4 is 70.6 Å². The quantitative estimate of drug-likeness (QED) is 0.0811. The van der Waals surface area contributed by atoms with Gasteiger partial charge >= 0.3 is 59.1 Å². The third-order valence-electron chi connectivity index (χ3n) is 6.40. The monoisotopic (exact) mass is 804 g/mol. The summed E-state index contributed by atoms with van der Waals surface area (Å²) in [6.07, 6.45) is 0. The Labute approximate surface area is 342 Å². The van der Waals surface area contributed by atoms with E-state index < -0.39 is 55.4 Å². The number of azo groups is 3. The molecule has 4 aromatic carbocycles. The molecule has 0 aliphatic heterocycles. The second-order valence-corrected chi connectivity index (χ2v) is 16.2. The average Bonchev–Trinajstić information content (AvgIpc) is 3.06. The van der Waals surface area contributed by atoms with Gasteiger partial charge in [0.25, 0.3) is 0 Å². The summed E-state index contributed by atoms with van der Waals surface area (Å²) < 4.78 is 118. The van der Waals surface area contributed by atoms with Gasteiger partial charge in [-0.15, -0.1) is 20.5 Å². The van der Waals surface area contributed by atoms with Gasteiger partial charge in [0.2, 0.25) is 0 Å². The van der Waals surface area contributed by atoms with Crippen molar-refractivity contribution in [2.45, 2.75) is 19.6 Å². The van der Waals surface area contributed by atoms with Gasteiger partial charge in [-0.1, -0.05) is 13.2 Å². The van der Waals surface area contributed by atoms with E-state index in [9.17, 15) is 42.8 Å². The van der Waals surface area contributed by atoms with Crippen LogP contribution in [0.15, 0.2) is 147 Å². The molecule has 0 heterocycles. The van der Waals surface area contributed by atoms with Crippen LogP contribution in [0, 0.1) is 0 Å². The minimum Gasteiger partial charge on any atom is -0.744 e. The minimum absolute atomic E-state index is 0. The van der Waals surface area contributed by atoms with E-state index in [1.54, 1.807) is 0 Å². The van der Waals surface area contributed by atoms with Crippen LogP contribution in [0.4, 0.5) is 45.5 Å².